The number of methoxy groups -OCH3 is 1. The summed E-state index contributed by atoms with van der Waals surface area (Å²) in [6.45, 7) is 0. The molecule has 0 fully saturated rings. The van der Waals surface area contributed by atoms with Gasteiger partial charge in [-0.25, -0.2) is 13.6 Å². The Kier molecular flexibility index (Phi) is 8.63. The van der Waals surface area contributed by atoms with Gasteiger partial charge >= 0.3 is 5.97 Å². The Labute approximate surface area is 267 Å². The molecule has 0 aliphatic heterocycles. The molecule has 0 spiro atoms. The minimum atomic E-state index is -2.62. The maximum atomic E-state index is 14.3. The lowest BCUT2D eigenvalue weighted by Crippen LogP contribution is -2.00. The van der Waals surface area contributed by atoms with Crippen LogP contribution in [0.3, 0.4) is 0 Å². The highest BCUT2D eigenvalue weighted by atomic mass is 35.5. The Morgan fingerprint density at radius 2 is 1.70 bits per heavy atom. The van der Waals surface area contributed by atoms with Crippen LogP contribution < -0.4 is 5.30 Å². The molecular formula is C33H22Cl2F2NO2PS2. The van der Waals surface area contributed by atoms with Crippen LogP contribution in [0.2, 0.25) is 10.0 Å². The number of hydrogen-bond donors (Lipinski definition) is 0. The molecule has 43 heavy (non-hydrogen) atoms. The lowest BCUT2D eigenvalue weighted by molar-refractivity contribution is 0.0600. The first-order chi connectivity index (χ1) is 20.7. The van der Waals surface area contributed by atoms with E-state index >= 15 is 0 Å². The summed E-state index contributed by atoms with van der Waals surface area (Å²) >= 11 is 15.4. The van der Waals surface area contributed by atoms with Crippen molar-refractivity contribution in [2.24, 2.45) is 0 Å². The average molecular weight is 669 g/mol. The van der Waals surface area contributed by atoms with E-state index in [9.17, 15) is 13.6 Å². The third kappa shape index (κ3) is 5.85. The lowest BCUT2D eigenvalue weighted by atomic mass is 9.96. The number of alkyl halides is 2. The number of carbonyl (C=O) groups is 1. The largest absolute Gasteiger partial charge is 0.465 e. The van der Waals surface area contributed by atoms with Gasteiger partial charge in [0.25, 0.3) is 6.43 Å². The molecule has 216 valence electrons. The van der Waals surface area contributed by atoms with Gasteiger partial charge in [0.05, 0.1) is 28.8 Å². The average Bonchev–Trinajstić information content (AvgIpc) is 3.60. The molecule has 0 N–H and O–H groups in total. The molecule has 2 aromatic heterocycles. The summed E-state index contributed by atoms with van der Waals surface area (Å²) in [5.41, 5.74) is 5.57. The Morgan fingerprint density at radius 1 is 0.930 bits per heavy atom. The van der Waals surface area contributed by atoms with E-state index in [1.165, 1.54) is 19.1 Å². The van der Waals surface area contributed by atoms with E-state index in [1.807, 2.05) is 66.7 Å². The zero-order valence-electron chi connectivity index (χ0n) is 22.5. The summed E-state index contributed by atoms with van der Waals surface area (Å²) in [7, 11) is 4.02. The van der Waals surface area contributed by atoms with Gasteiger partial charge in [-0.05, 0) is 88.9 Å². The molecule has 0 saturated heterocycles. The number of hydrogen-bond acceptors (Lipinski definition) is 4. The normalized spacial score (nSPS) is 11.4. The van der Waals surface area contributed by atoms with E-state index in [0.29, 0.717) is 21.2 Å². The van der Waals surface area contributed by atoms with Crippen molar-refractivity contribution >= 4 is 77.9 Å². The fraction of sp³-hybridized carbons (Fsp3) is 0.0606. The highest BCUT2D eigenvalue weighted by molar-refractivity contribution is 7.98. The van der Waals surface area contributed by atoms with E-state index in [4.69, 9.17) is 27.9 Å². The number of nitrogens with zero attached hydrogens (tertiary/aromatic N) is 1. The number of esters is 1. The van der Waals surface area contributed by atoms with Crippen molar-refractivity contribution in [2.45, 2.75) is 11.3 Å². The number of fused-ring (bicyclic) bond motifs is 1. The molecular weight excluding hydrogens is 646 g/mol. The zero-order valence-corrected chi connectivity index (χ0v) is 26.8. The molecule has 6 rings (SSSR count). The highest BCUT2D eigenvalue weighted by Gasteiger charge is 2.26. The van der Waals surface area contributed by atoms with Crippen LogP contribution in [-0.2, 0) is 4.74 Å². The Hall–Kier alpha value is -3.19. The number of thiophene rings is 1. The molecule has 0 radical (unpaired) electrons. The second-order valence-corrected chi connectivity index (χ2v) is 13.1. The van der Waals surface area contributed by atoms with Crippen LogP contribution in [0.25, 0.3) is 44.4 Å². The minimum Gasteiger partial charge on any atom is -0.465 e. The molecule has 3 nitrogen and oxygen atoms in total. The molecule has 6 aromatic rings. The monoisotopic (exact) mass is 667 g/mol. The van der Waals surface area contributed by atoms with Gasteiger partial charge in [0.1, 0.15) is 0 Å². The smallest absolute Gasteiger partial charge is 0.337 e. The van der Waals surface area contributed by atoms with E-state index in [-0.39, 0.29) is 4.88 Å². The molecule has 4 aromatic carbocycles. The quantitative estimate of drug-likeness (QED) is 0.125. The van der Waals surface area contributed by atoms with Crippen molar-refractivity contribution in [3.8, 4) is 33.5 Å². The van der Waals surface area contributed by atoms with Crippen LogP contribution in [0.1, 0.15) is 21.7 Å². The van der Waals surface area contributed by atoms with Crippen molar-refractivity contribution < 1.29 is 18.3 Å². The molecule has 10 heteroatoms. The van der Waals surface area contributed by atoms with Gasteiger partial charge < -0.3 is 4.74 Å². The van der Waals surface area contributed by atoms with Crippen LogP contribution >= 0.6 is 55.7 Å². The molecule has 2 heterocycles. The molecule has 1 unspecified atom stereocenters. The van der Waals surface area contributed by atoms with Gasteiger partial charge in [0.15, 0.2) is 0 Å². The number of carbonyl (C=O) groups excluding carboxylic acids is 1. The topological polar surface area (TPSA) is 31.2 Å². The predicted molar refractivity (Wildman–Crippen MR) is 179 cm³/mol. The van der Waals surface area contributed by atoms with Crippen LogP contribution in [-0.4, -0.2) is 17.1 Å². The molecule has 0 aliphatic rings. The van der Waals surface area contributed by atoms with Gasteiger partial charge in [-0.3, -0.25) is 3.97 Å². The minimum absolute atomic E-state index is 0.0172. The highest BCUT2D eigenvalue weighted by Crippen LogP contribution is 2.48. The summed E-state index contributed by atoms with van der Waals surface area (Å²) in [6, 6.07) is 28.1. The first-order valence-corrected chi connectivity index (χ1v) is 16.0. The lowest BCUT2D eigenvalue weighted by Gasteiger charge is -2.14. The number of ether oxygens (including phenoxy) is 1. The summed E-state index contributed by atoms with van der Waals surface area (Å²) in [4.78, 5) is 13.0. The van der Waals surface area contributed by atoms with Crippen molar-refractivity contribution in [1.29, 1.82) is 0 Å². The van der Waals surface area contributed by atoms with Crippen LogP contribution in [0.15, 0.2) is 101 Å². The number of rotatable bonds is 7. The maximum Gasteiger partial charge on any atom is 0.337 e. The fourth-order valence-electron chi connectivity index (χ4n) is 5.04. The van der Waals surface area contributed by atoms with Crippen molar-refractivity contribution in [1.82, 2.24) is 3.97 Å². The second kappa shape index (κ2) is 12.4. The fourth-order valence-corrected chi connectivity index (χ4v) is 7.48. The standard InChI is InChI=1S/C33H22Cl2F2NO2PS2/c1-40-33(39)20-5-11-24(27(35)16-20)18-3-2-4-19(15-18)30-29(25-13-14-42-31(25)32(36)37)26-17-22(41)8-12-28(26)38(30)43-23-9-6-21(34)7-10-23/h2-17,32H,41H2,1H3. The molecule has 0 amide bonds. The second-order valence-electron chi connectivity index (χ2n) is 9.61. The van der Waals surface area contributed by atoms with Gasteiger partial charge in [0.2, 0.25) is 0 Å². The van der Waals surface area contributed by atoms with Crippen LogP contribution in [0.5, 0.6) is 0 Å². The van der Waals surface area contributed by atoms with E-state index in [0.717, 1.165) is 60.4 Å². The molecule has 0 saturated carbocycles. The van der Waals surface area contributed by atoms with E-state index in [2.05, 4.69) is 13.2 Å². The third-order valence-electron chi connectivity index (χ3n) is 6.96. The van der Waals surface area contributed by atoms with Crippen LogP contribution in [0.4, 0.5) is 8.78 Å². The van der Waals surface area contributed by atoms with Crippen LogP contribution in [0, 0.1) is 0 Å². The zero-order chi connectivity index (χ0) is 30.2. The SMILES string of the molecule is COC(=O)c1ccc(-c2cccc(-c3c(-c4ccsc4C(F)F)c4cc(P)ccc4n3Sc3ccc(Cl)cc3)c2)c(Cl)c1. The summed E-state index contributed by atoms with van der Waals surface area (Å²) in [5.74, 6) is -0.477. The van der Waals surface area contributed by atoms with Gasteiger partial charge in [-0.1, -0.05) is 53.5 Å². The first kappa shape index (κ1) is 29.9. The van der Waals surface area contributed by atoms with Crippen molar-refractivity contribution in [2.75, 3.05) is 7.11 Å². The van der Waals surface area contributed by atoms with Gasteiger partial charge in [-0.15, -0.1) is 20.6 Å². The Balaban J connectivity index is 1.62. The molecule has 1 atom stereocenters. The molecule has 0 bridgehead atoms. The van der Waals surface area contributed by atoms with Gasteiger partial charge in [0, 0.05) is 42.6 Å². The first-order valence-electron chi connectivity index (χ1n) is 13.0. The van der Waals surface area contributed by atoms with Gasteiger partial charge in [-0.2, -0.15) is 0 Å². The van der Waals surface area contributed by atoms with E-state index < -0.39 is 12.4 Å². The Morgan fingerprint density at radius 3 is 2.42 bits per heavy atom. The third-order valence-corrected chi connectivity index (χ3v) is 9.85. The number of benzene rings is 4. The van der Waals surface area contributed by atoms with Crippen molar-refractivity contribution in [3.63, 3.8) is 0 Å². The Bertz CT molecular complexity index is 1990. The predicted octanol–water partition coefficient (Wildman–Crippen LogP) is 10.8. The number of halogens is 4. The van der Waals surface area contributed by atoms with Crippen molar-refractivity contribution in [3.05, 3.63) is 117 Å². The molecule has 0 aliphatic carbocycles. The maximum absolute atomic E-state index is 14.3. The number of aromatic nitrogens is 1. The summed E-state index contributed by atoms with van der Waals surface area (Å²) < 4.78 is 35.6. The van der Waals surface area contributed by atoms with E-state index in [1.54, 1.807) is 29.6 Å². The summed E-state index contributed by atoms with van der Waals surface area (Å²) in [6.07, 6.45) is -2.62. The summed E-state index contributed by atoms with van der Waals surface area (Å²) in [5, 5.41) is 4.52.